The Hall–Kier alpha value is -1.35. The van der Waals surface area contributed by atoms with Crippen molar-refractivity contribution in [1.29, 1.82) is 0 Å². The van der Waals surface area contributed by atoms with Crippen LogP contribution in [-0.4, -0.2) is 56.0 Å². The van der Waals surface area contributed by atoms with Crippen molar-refractivity contribution in [2.24, 2.45) is 10.9 Å². The third-order valence-electron chi connectivity index (χ3n) is 5.68. The summed E-state index contributed by atoms with van der Waals surface area (Å²) in [6.07, 6.45) is 3.04. The van der Waals surface area contributed by atoms with Crippen molar-refractivity contribution in [2.45, 2.75) is 45.1 Å². The highest BCUT2D eigenvalue weighted by Gasteiger charge is 2.25. The molecule has 6 nitrogen and oxygen atoms in total. The van der Waals surface area contributed by atoms with Gasteiger partial charge in [-0.25, -0.2) is 0 Å². The quantitative estimate of drug-likeness (QED) is 0.331. The van der Waals surface area contributed by atoms with Gasteiger partial charge in [0.1, 0.15) is 0 Å². The van der Waals surface area contributed by atoms with E-state index >= 15 is 0 Å². The summed E-state index contributed by atoms with van der Waals surface area (Å²) in [5.41, 5.74) is 2.12. The number of hydrogen-bond donors (Lipinski definition) is 3. The van der Waals surface area contributed by atoms with Crippen molar-refractivity contribution in [1.82, 2.24) is 15.5 Å². The van der Waals surface area contributed by atoms with Gasteiger partial charge in [-0.15, -0.1) is 24.0 Å². The number of guanidine groups is 1. The summed E-state index contributed by atoms with van der Waals surface area (Å²) in [6.45, 7) is 8.54. The average molecular weight is 499 g/mol. The van der Waals surface area contributed by atoms with Crippen LogP contribution < -0.4 is 16.0 Å². The number of hydrogen-bond acceptors (Lipinski definition) is 3. The normalized spacial score (nSPS) is 22.9. The number of halogens is 1. The van der Waals surface area contributed by atoms with E-state index in [0.717, 1.165) is 24.7 Å². The second kappa shape index (κ2) is 11.0. The van der Waals surface area contributed by atoms with Crippen LogP contribution in [0.25, 0.3) is 0 Å². The molecule has 1 aromatic rings. The van der Waals surface area contributed by atoms with E-state index < -0.39 is 0 Å². The molecule has 0 bridgehead atoms. The molecule has 2 aliphatic rings. The summed E-state index contributed by atoms with van der Waals surface area (Å²) < 4.78 is 0. The van der Waals surface area contributed by atoms with Crippen molar-refractivity contribution in [3.8, 4) is 0 Å². The molecule has 2 atom stereocenters. The molecule has 7 heteroatoms. The number of para-hydroxylation sites is 1. The van der Waals surface area contributed by atoms with Gasteiger partial charge >= 0.3 is 0 Å². The van der Waals surface area contributed by atoms with Crippen molar-refractivity contribution in [3.05, 3.63) is 29.8 Å². The Morgan fingerprint density at radius 3 is 2.79 bits per heavy atom. The highest BCUT2D eigenvalue weighted by molar-refractivity contribution is 14.0. The number of nitrogens with zero attached hydrogens (tertiary/aromatic N) is 2. The van der Waals surface area contributed by atoms with Crippen molar-refractivity contribution in [3.63, 3.8) is 0 Å². The molecule has 2 heterocycles. The molecular weight excluding hydrogens is 465 g/mol. The van der Waals surface area contributed by atoms with Gasteiger partial charge in [-0.3, -0.25) is 9.79 Å². The monoisotopic (exact) mass is 499 g/mol. The van der Waals surface area contributed by atoms with Crippen LogP contribution in [0.3, 0.4) is 0 Å². The van der Waals surface area contributed by atoms with E-state index in [1.165, 1.54) is 24.9 Å². The number of likely N-dealkylation sites (tertiary alicyclic amines) is 1. The molecule has 1 aromatic carbocycles. The number of anilines is 1. The minimum absolute atomic E-state index is 0. The number of nitrogens with one attached hydrogen (secondary N) is 3. The molecule has 2 unspecified atom stereocenters. The Morgan fingerprint density at radius 2 is 2.04 bits per heavy atom. The number of benzene rings is 1. The Balaban J connectivity index is 0.00000280. The topological polar surface area (TPSA) is 68.8 Å². The van der Waals surface area contributed by atoms with Crippen LogP contribution in [0.15, 0.2) is 29.3 Å². The van der Waals surface area contributed by atoms with Gasteiger partial charge in [0.25, 0.3) is 0 Å². The van der Waals surface area contributed by atoms with Gasteiger partial charge in [0.05, 0.1) is 0 Å². The Bertz CT molecular complexity index is 679. The fourth-order valence-corrected chi connectivity index (χ4v) is 4.10. The summed E-state index contributed by atoms with van der Waals surface area (Å²) in [5.74, 6) is 1.72. The van der Waals surface area contributed by atoms with Gasteiger partial charge in [-0.05, 0) is 50.8 Å². The highest BCUT2D eigenvalue weighted by atomic mass is 127. The minimum Gasteiger partial charge on any atom is -0.356 e. The number of aliphatic imine (C=N–C) groups is 1. The molecule has 0 spiro atoms. The Morgan fingerprint density at radius 1 is 1.29 bits per heavy atom. The Labute approximate surface area is 186 Å². The zero-order valence-corrected chi connectivity index (χ0v) is 19.5. The molecule has 3 N–H and O–H groups in total. The van der Waals surface area contributed by atoms with Gasteiger partial charge < -0.3 is 20.9 Å². The van der Waals surface area contributed by atoms with Crippen LogP contribution >= 0.6 is 24.0 Å². The molecule has 0 saturated carbocycles. The van der Waals surface area contributed by atoms with E-state index in [1.54, 1.807) is 7.05 Å². The summed E-state index contributed by atoms with van der Waals surface area (Å²) in [7, 11) is 1.80. The van der Waals surface area contributed by atoms with E-state index in [4.69, 9.17) is 0 Å². The molecule has 1 fully saturated rings. The lowest BCUT2D eigenvalue weighted by Gasteiger charge is -2.35. The van der Waals surface area contributed by atoms with Gasteiger partial charge in [-0.2, -0.15) is 0 Å². The number of amides is 1. The van der Waals surface area contributed by atoms with Gasteiger partial charge in [0, 0.05) is 50.7 Å². The largest absolute Gasteiger partial charge is 0.356 e. The van der Waals surface area contributed by atoms with Gasteiger partial charge in [0.15, 0.2) is 5.96 Å². The fourth-order valence-electron chi connectivity index (χ4n) is 4.10. The third-order valence-corrected chi connectivity index (χ3v) is 5.68. The predicted octanol–water partition coefficient (Wildman–Crippen LogP) is 3.02. The maximum atomic E-state index is 12.0. The number of fused-ring (bicyclic) bond motifs is 1. The van der Waals surface area contributed by atoms with E-state index in [2.05, 4.69) is 45.8 Å². The van der Waals surface area contributed by atoms with Crippen LogP contribution in [0.4, 0.5) is 5.69 Å². The number of carbonyl (C=O) groups is 1. The van der Waals surface area contributed by atoms with Crippen LogP contribution in [0, 0.1) is 5.92 Å². The first-order valence-corrected chi connectivity index (χ1v) is 10.1. The molecule has 1 amide bonds. The average Bonchev–Trinajstić information content (AvgIpc) is 2.68. The lowest BCUT2D eigenvalue weighted by atomic mass is 9.90. The zero-order valence-electron chi connectivity index (χ0n) is 17.2. The maximum absolute atomic E-state index is 12.0. The highest BCUT2D eigenvalue weighted by Crippen LogP contribution is 2.31. The van der Waals surface area contributed by atoms with Crippen LogP contribution in [-0.2, 0) is 4.79 Å². The number of rotatable bonds is 5. The lowest BCUT2D eigenvalue weighted by molar-refractivity contribution is -0.116. The summed E-state index contributed by atoms with van der Waals surface area (Å²) in [5, 5.41) is 9.86. The standard InChI is InChI=1S/C21H33N5O.HI/c1-15(2)26-10-6-7-16(14-26)12-23-21(22-3)24-13-17-11-20(27)25-19-9-5-4-8-18(17)19;/h4-5,8-9,15-17H,6-7,10-14H2,1-3H3,(H,25,27)(H2,22,23,24);1H. The second-order valence-electron chi connectivity index (χ2n) is 7.97. The molecular formula is C21H34IN5O. The van der Waals surface area contributed by atoms with Crippen molar-refractivity contribution >= 4 is 41.5 Å². The van der Waals surface area contributed by atoms with E-state index in [1.807, 2.05) is 18.2 Å². The number of carbonyl (C=O) groups excluding carboxylic acids is 1. The first kappa shape index (κ1) is 22.9. The molecule has 0 aromatic heterocycles. The third kappa shape index (κ3) is 6.07. The van der Waals surface area contributed by atoms with Crippen LogP contribution in [0.1, 0.15) is 44.6 Å². The first-order chi connectivity index (χ1) is 13.1. The molecule has 3 rings (SSSR count). The fraction of sp³-hybridized carbons (Fsp3) is 0.619. The molecule has 0 aliphatic carbocycles. The molecule has 156 valence electrons. The second-order valence-corrected chi connectivity index (χ2v) is 7.97. The predicted molar refractivity (Wildman–Crippen MR) is 127 cm³/mol. The zero-order chi connectivity index (χ0) is 19.2. The summed E-state index contributed by atoms with van der Waals surface area (Å²) in [4.78, 5) is 18.9. The minimum atomic E-state index is 0. The molecule has 2 aliphatic heterocycles. The van der Waals surface area contributed by atoms with Crippen LogP contribution in [0.5, 0.6) is 0 Å². The molecule has 0 radical (unpaired) electrons. The SMILES string of the molecule is CN=C(NCC1CCCN(C(C)C)C1)NCC1CC(=O)Nc2ccccc21.I. The van der Waals surface area contributed by atoms with Crippen LogP contribution in [0.2, 0.25) is 0 Å². The van der Waals surface area contributed by atoms with Gasteiger partial charge in [-0.1, -0.05) is 18.2 Å². The van der Waals surface area contributed by atoms with E-state index in [0.29, 0.717) is 24.9 Å². The van der Waals surface area contributed by atoms with E-state index in [-0.39, 0.29) is 35.8 Å². The summed E-state index contributed by atoms with van der Waals surface area (Å²) >= 11 is 0. The maximum Gasteiger partial charge on any atom is 0.225 e. The molecule has 28 heavy (non-hydrogen) atoms. The van der Waals surface area contributed by atoms with E-state index in [9.17, 15) is 4.79 Å². The Kier molecular flexibility index (Phi) is 9.01. The first-order valence-electron chi connectivity index (χ1n) is 10.1. The van der Waals surface area contributed by atoms with Crippen molar-refractivity contribution in [2.75, 3.05) is 38.5 Å². The lowest BCUT2D eigenvalue weighted by Crippen LogP contribution is -2.46. The summed E-state index contributed by atoms with van der Waals surface area (Å²) in [6, 6.07) is 8.67. The molecule has 1 saturated heterocycles. The smallest absolute Gasteiger partial charge is 0.225 e. The van der Waals surface area contributed by atoms with Crippen molar-refractivity contribution < 1.29 is 4.79 Å². The number of piperidine rings is 1. The van der Waals surface area contributed by atoms with Gasteiger partial charge in [0.2, 0.25) is 5.91 Å².